The van der Waals surface area contributed by atoms with Crippen molar-refractivity contribution in [3.63, 3.8) is 0 Å². The second-order valence-corrected chi connectivity index (χ2v) is 4.40. The van der Waals surface area contributed by atoms with Gasteiger partial charge in [-0.15, -0.1) is 0 Å². The lowest BCUT2D eigenvalue weighted by atomic mass is 9.94. The summed E-state index contributed by atoms with van der Waals surface area (Å²) in [7, 11) is 0. The van der Waals surface area contributed by atoms with Gasteiger partial charge in [0.25, 0.3) is 0 Å². The van der Waals surface area contributed by atoms with Crippen molar-refractivity contribution in [3.8, 4) is 18.2 Å². The molecule has 0 fully saturated rings. The molecule has 0 spiro atoms. The minimum absolute atomic E-state index is 0.0707. The zero-order valence-electron chi connectivity index (χ0n) is 10.7. The van der Waals surface area contributed by atoms with Crippen LogP contribution in [0.4, 0.5) is 0 Å². The van der Waals surface area contributed by atoms with Crippen molar-refractivity contribution in [1.82, 2.24) is 5.32 Å². The zero-order chi connectivity index (χ0) is 14.8. The highest BCUT2D eigenvalue weighted by atomic mass is 16.3. The number of nitrogens with zero attached hydrogens (tertiary/aromatic N) is 3. The molecule has 0 saturated carbocycles. The summed E-state index contributed by atoms with van der Waals surface area (Å²) < 4.78 is 0. The van der Waals surface area contributed by atoms with Gasteiger partial charge in [0.1, 0.15) is 18.2 Å². The van der Waals surface area contributed by atoms with Crippen LogP contribution in [0.5, 0.6) is 0 Å². The number of benzene rings is 1. The summed E-state index contributed by atoms with van der Waals surface area (Å²) in [6, 6.07) is 14.3. The molecule has 1 aliphatic heterocycles. The lowest BCUT2D eigenvalue weighted by Gasteiger charge is -2.22. The van der Waals surface area contributed by atoms with Crippen LogP contribution in [0, 0.1) is 34.0 Å². The number of nitriles is 3. The molecule has 1 aliphatic rings. The first kappa shape index (κ1) is 13.4. The molecule has 1 aromatic rings. The van der Waals surface area contributed by atoms with E-state index in [2.05, 4.69) is 5.32 Å². The fourth-order valence-electron chi connectivity index (χ4n) is 2.20. The van der Waals surface area contributed by atoms with Gasteiger partial charge in [0.2, 0.25) is 0 Å². The maximum Gasteiger partial charge on any atom is 0.161 e. The van der Waals surface area contributed by atoms with Crippen LogP contribution < -0.4 is 5.32 Å². The van der Waals surface area contributed by atoms with Gasteiger partial charge in [-0.2, -0.15) is 15.8 Å². The van der Waals surface area contributed by atoms with E-state index in [1.807, 2.05) is 12.1 Å². The molecule has 0 aliphatic carbocycles. The van der Waals surface area contributed by atoms with Crippen molar-refractivity contribution in [3.05, 3.63) is 52.7 Å². The summed E-state index contributed by atoms with van der Waals surface area (Å²) in [4.78, 5) is 0. The Hall–Kier alpha value is -3.07. The smallest absolute Gasteiger partial charge is 0.161 e. The van der Waals surface area contributed by atoms with Gasteiger partial charge in [-0.25, -0.2) is 0 Å². The molecule has 20 heavy (non-hydrogen) atoms. The number of rotatable bonds is 1. The number of hydrogen-bond acceptors (Lipinski definition) is 5. The van der Waals surface area contributed by atoms with Crippen LogP contribution in [0.2, 0.25) is 0 Å². The molecule has 0 amide bonds. The molecule has 0 saturated heterocycles. The Balaban J connectivity index is 2.78. The molecule has 0 bridgehead atoms. The summed E-state index contributed by atoms with van der Waals surface area (Å²) in [5.41, 5.74) is -0.542. The van der Waals surface area contributed by atoms with Gasteiger partial charge in [-0.05, 0) is 12.5 Å². The van der Waals surface area contributed by atoms with E-state index >= 15 is 0 Å². The third-order valence-corrected chi connectivity index (χ3v) is 3.00. The summed E-state index contributed by atoms with van der Waals surface area (Å²) in [5, 5.41) is 40.3. The van der Waals surface area contributed by atoms with Crippen LogP contribution in [0.25, 0.3) is 5.57 Å². The lowest BCUT2D eigenvalue weighted by molar-refractivity contribution is 0.103. The van der Waals surface area contributed by atoms with Crippen molar-refractivity contribution < 1.29 is 5.11 Å². The number of allylic oxidation sites excluding steroid dienone is 2. The van der Waals surface area contributed by atoms with Crippen molar-refractivity contribution in [2.24, 2.45) is 0 Å². The van der Waals surface area contributed by atoms with E-state index in [1.54, 1.807) is 36.4 Å². The van der Waals surface area contributed by atoms with E-state index < -0.39 is 5.72 Å². The van der Waals surface area contributed by atoms with Gasteiger partial charge in [0.05, 0.1) is 11.3 Å². The molecular formula is C15H10N4O. The number of nitrogens with one attached hydrogen (secondary N) is 1. The molecule has 5 nitrogen and oxygen atoms in total. The summed E-state index contributed by atoms with van der Waals surface area (Å²) in [6.45, 7) is 1.48. The van der Waals surface area contributed by atoms with Crippen LogP contribution in [-0.2, 0) is 0 Å². The molecule has 1 unspecified atom stereocenters. The van der Waals surface area contributed by atoms with Crippen LogP contribution in [0.15, 0.2) is 47.2 Å². The van der Waals surface area contributed by atoms with Crippen LogP contribution in [-0.4, -0.2) is 10.8 Å². The Morgan fingerprint density at radius 3 is 2.25 bits per heavy atom. The fourth-order valence-corrected chi connectivity index (χ4v) is 2.20. The molecule has 96 valence electrons. The molecular weight excluding hydrogens is 252 g/mol. The van der Waals surface area contributed by atoms with E-state index in [-0.39, 0.29) is 16.8 Å². The van der Waals surface area contributed by atoms with Gasteiger partial charge in [-0.1, -0.05) is 30.3 Å². The van der Waals surface area contributed by atoms with E-state index in [0.29, 0.717) is 11.1 Å². The first-order valence-electron chi connectivity index (χ1n) is 5.81. The summed E-state index contributed by atoms with van der Waals surface area (Å²) >= 11 is 0. The van der Waals surface area contributed by atoms with E-state index in [0.717, 1.165) is 0 Å². The van der Waals surface area contributed by atoms with Crippen molar-refractivity contribution >= 4 is 5.57 Å². The van der Waals surface area contributed by atoms with E-state index in [9.17, 15) is 10.4 Å². The Bertz CT molecular complexity index is 721. The molecule has 2 rings (SSSR count). The first-order valence-corrected chi connectivity index (χ1v) is 5.81. The van der Waals surface area contributed by atoms with Crippen LogP contribution in [0.3, 0.4) is 0 Å². The van der Waals surface area contributed by atoms with E-state index in [4.69, 9.17) is 10.5 Å². The molecule has 0 aromatic heterocycles. The summed E-state index contributed by atoms with van der Waals surface area (Å²) in [5.74, 6) is 0. The predicted molar refractivity (Wildman–Crippen MR) is 71.0 cm³/mol. The highest BCUT2D eigenvalue weighted by Gasteiger charge is 2.39. The van der Waals surface area contributed by atoms with Crippen LogP contribution >= 0.6 is 0 Å². The topological polar surface area (TPSA) is 104 Å². The van der Waals surface area contributed by atoms with Gasteiger partial charge >= 0.3 is 0 Å². The third kappa shape index (κ3) is 2.01. The van der Waals surface area contributed by atoms with Crippen molar-refractivity contribution in [2.75, 3.05) is 0 Å². The van der Waals surface area contributed by atoms with E-state index in [1.165, 1.54) is 6.92 Å². The monoisotopic (exact) mass is 262 g/mol. The Labute approximate surface area is 116 Å². The minimum Gasteiger partial charge on any atom is -0.367 e. The second kappa shape index (κ2) is 4.90. The fraction of sp³-hybridized carbons (Fsp3) is 0.133. The number of aliphatic hydroxyl groups is 1. The van der Waals surface area contributed by atoms with Gasteiger partial charge < -0.3 is 10.4 Å². The normalized spacial score (nSPS) is 20.6. The highest BCUT2D eigenvalue weighted by Crippen LogP contribution is 2.38. The maximum atomic E-state index is 10.4. The highest BCUT2D eigenvalue weighted by molar-refractivity contribution is 5.85. The molecule has 0 radical (unpaired) electrons. The summed E-state index contributed by atoms with van der Waals surface area (Å²) in [6.07, 6.45) is 0. The van der Waals surface area contributed by atoms with Gasteiger partial charge in [-0.3, -0.25) is 0 Å². The molecule has 1 atom stereocenters. The average Bonchev–Trinajstić information content (AvgIpc) is 2.72. The quantitative estimate of drug-likeness (QED) is 0.748. The van der Waals surface area contributed by atoms with Gasteiger partial charge in [0, 0.05) is 5.57 Å². The molecule has 1 aromatic carbocycles. The maximum absolute atomic E-state index is 10.4. The molecule has 2 N–H and O–H groups in total. The van der Waals surface area contributed by atoms with Gasteiger partial charge in [0.15, 0.2) is 11.3 Å². The second-order valence-electron chi connectivity index (χ2n) is 4.40. The standard InChI is InChI=1S/C15H10N4O/c1-15(20)13(10-5-3-2-4-6-10)12(9-18)14(19-15)11(7-16)8-17/h2-6,19-20H,1H3. The largest absolute Gasteiger partial charge is 0.367 e. The number of hydrogen-bond donors (Lipinski definition) is 2. The zero-order valence-corrected chi connectivity index (χ0v) is 10.7. The molecule has 1 heterocycles. The molecule has 5 heteroatoms. The van der Waals surface area contributed by atoms with Crippen molar-refractivity contribution in [2.45, 2.75) is 12.6 Å². The Morgan fingerprint density at radius 1 is 1.15 bits per heavy atom. The SMILES string of the molecule is CC1(O)NC(=C(C#N)C#N)C(C#N)=C1c1ccccc1. The lowest BCUT2D eigenvalue weighted by Crippen LogP contribution is -2.37. The Kier molecular flexibility index (Phi) is 3.27. The minimum atomic E-state index is -1.51. The third-order valence-electron chi connectivity index (χ3n) is 3.00. The van der Waals surface area contributed by atoms with Crippen LogP contribution in [0.1, 0.15) is 12.5 Å². The first-order chi connectivity index (χ1) is 9.55. The van der Waals surface area contributed by atoms with Crippen molar-refractivity contribution in [1.29, 1.82) is 15.8 Å². The Morgan fingerprint density at radius 2 is 1.75 bits per heavy atom. The average molecular weight is 262 g/mol. The predicted octanol–water partition coefficient (Wildman–Crippen LogP) is 1.58.